The molecule has 128 valence electrons. The van der Waals surface area contributed by atoms with E-state index >= 15 is 0 Å². The van der Waals surface area contributed by atoms with Crippen molar-refractivity contribution in [3.8, 4) is 0 Å². The molecule has 4 nitrogen and oxygen atoms in total. The number of carbonyl (C=O) groups is 2. The molecule has 0 aromatic heterocycles. The van der Waals surface area contributed by atoms with Gasteiger partial charge in [-0.25, -0.2) is 0 Å². The maximum Gasteiger partial charge on any atom is 0.308 e. The number of unbranched alkanes of at least 4 members (excludes halogenated alkanes) is 5. The van der Waals surface area contributed by atoms with Crippen molar-refractivity contribution in [1.29, 1.82) is 0 Å². The van der Waals surface area contributed by atoms with Gasteiger partial charge in [0.05, 0.1) is 25.0 Å². The fourth-order valence-corrected chi connectivity index (χ4v) is 3.00. The van der Waals surface area contributed by atoms with Crippen molar-refractivity contribution >= 4 is 11.9 Å². The van der Waals surface area contributed by atoms with E-state index in [4.69, 9.17) is 9.47 Å². The van der Waals surface area contributed by atoms with Gasteiger partial charge in [0.2, 0.25) is 0 Å². The van der Waals surface area contributed by atoms with Crippen LogP contribution < -0.4 is 0 Å². The van der Waals surface area contributed by atoms with Gasteiger partial charge in [0.1, 0.15) is 0 Å². The van der Waals surface area contributed by atoms with E-state index in [0.29, 0.717) is 13.2 Å². The third kappa shape index (κ3) is 7.28. The van der Waals surface area contributed by atoms with E-state index in [1.807, 2.05) is 6.92 Å². The molecule has 1 fully saturated rings. The summed E-state index contributed by atoms with van der Waals surface area (Å²) in [6, 6.07) is 0. The Labute approximate surface area is 134 Å². The summed E-state index contributed by atoms with van der Waals surface area (Å²) in [6.45, 7) is 5.00. The number of hydrogen-bond donors (Lipinski definition) is 0. The summed E-state index contributed by atoms with van der Waals surface area (Å²) >= 11 is 0. The molecule has 0 amide bonds. The highest BCUT2D eigenvalue weighted by molar-refractivity contribution is 5.75. The lowest BCUT2D eigenvalue weighted by Crippen LogP contribution is -2.28. The monoisotopic (exact) mass is 312 g/mol. The molecule has 1 rings (SSSR count). The molecular weight excluding hydrogens is 280 g/mol. The quantitative estimate of drug-likeness (QED) is 0.447. The normalized spacial score (nSPS) is 21.4. The van der Waals surface area contributed by atoms with Crippen LogP contribution in [0.5, 0.6) is 0 Å². The highest BCUT2D eigenvalue weighted by Crippen LogP contribution is 2.30. The van der Waals surface area contributed by atoms with E-state index in [9.17, 15) is 9.59 Å². The molecule has 1 aliphatic rings. The van der Waals surface area contributed by atoms with Crippen LogP contribution in [0.15, 0.2) is 0 Å². The van der Waals surface area contributed by atoms with Gasteiger partial charge in [0.25, 0.3) is 0 Å². The van der Waals surface area contributed by atoms with Gasteiger partial charge in [0, 0.05) is 0 Å². The van der Waals surface area contributed by atoms with E-state index in [0.717, 1.165) is 38.5 Å². The SMILES string of the molecule is CCCCCCCCOC(=O)C1CCC(C(=O)OCC)CC1. The van der Waals surface area contributed by atoms with Crippen molar-refractivity contribution in [1.82, 2.24) is 0 Å². The minimum atomic E-state index is -0.110. The Balaban J connectivity index is 2.08. The van der Waals surface area contributed by atoms with Crippen LogP contribution in [0.4, 0.5) is 0 Å². The fourth-order valence-electron chi connectivity index (χ4n) is 3.00. The zero-order valence-corrected chi connectivity index (χ0v) is 14.3. The molecule has 1 aliphatic carbocycles. The highest BCUT2D eigenvalue weighted by atomic mass is 16.5. The lowest BCUT2D eigenvalue weighted by atomic mass is 9.82. The van der Waals surface area contributed by atoms with Gasteiger partial charge in [-0.05, 0) is 39.0 Å². The first-order chi connectivity index (χ1) is 10.7. The zero-order chi connectivity index (χ0) is 16.2. The topological polar surface area (TPSA) is 52.6 Å². The first-order valence-electron chi connectivity index (χ1n) is 9.02. The van der Waals surface area contributed by atoms with E-state index in [1.54, 1.807) is 0 Å². The summed E-state index contributed by atoms with van der Waals surface area (Å²) in [5.74, 6) is -0.231. The predicted octanol–water partition coefficient (Wildman–Crippen LogP) is 4.26. The molecule has 0 atom stereocenters. The lowest BCUT2D eigenvalue weighted by Gasteiger charge is -2.25. The maximum atomic E-state index is 12.0. The number of hydrogen-bond acceptors (Lipinski definition) is 4. The van der Waals surface area contributed by atoms with Gasteiger partial charge >= 0.3 is 11.9 Å². The zero-order valence-electron chi connectivity index (χ0n) is 14.3. The van der Waals surface area contributed by atoms with Crippen LogP contribution in [-0.2, 0) is 19.1 Å². The van der Waals surface area contributed by atoms with Crippen molar-refractivity contribution in [2.24, 2.45) is 11.8 Å². The van der Waals surface area contributed by atoms with Gasteiger partial charge in [-0.15, -0.1) is 0 Å². The van der Waals surface area contributed by atoms with Gasteiger partial charge in [0.15, 0.2) is 0 Å². The Bertz CT molecular complexity index is 319. The summed E-state index contributed by atoms with van der Waals surface area (Å²) < 4.78 is 10.4. The van der Waals surface area contributed by atoms with E-state index < -0.39 is 0 Å². The summed E-state index contributed by atoms with van der Waals surface area (Å²) in [7, 11) is 0. The number of carbonyl (C=O) groups excluding carboxylic acids is 2. The standard InChI is InChI=1S/C18H32O4/c1-3-5-6-7-8-9-14-22-18(20)16-12-10-15(11-13-16)17(19)21-4-2/h15-16H,3-14H2,1-2H3. The molecular formula is C18H32O4. The van der Waals surface area contributed by atoms with Crippen LogP contribution in [0, 0.1) is 11.8 Å². The number of rotatable bonds is 10. The second-order valence-electron chi connectivity index (χ2n) is 6.24. The van der Waals surface area contributed by atoms with E-state index in [-0.39, 0.29) is 23.8 Å². The van der Waals surface area contributed by atoms with E-state index in [2.05, 4.69) is 6.92 Å². The molecule has 0 saturated heterocycles. The van der Waals surface area contributed by atoms with Crippen LogP contribution in [0.3, 0.4) is 0 Å². The Morgan fingerprint density at radius 1 is 0.773 bits per heavy atom. The summed E-state index contributed by atoms with van der Waals surface area (Å²) in [5.41, 5.74) is 0. The van der Waals surface area contributed by atoms with Crippen LogP contribution in [0.2, 0.25) is 0 Å². The van der Waals surface area contributed by atoms with Crippen molar-refractivity contribution in [3.63, 3.8) is 0 Å². The summed E-state index contributed by atoms with van der Waals surface area (Å²) in [5, 5.41) is 0. The molecule has 0 aromatic carbocycles. The molecule has 0 aromatic rings. The summed E-state index contributed by atoms with van der Waals surface area (Å²) in [6.07, 6.45) is 10.2. The van der Waals surface area contributed by atoms with Crippen LogP contribution >= 0.6 is 0 Å². The fraction of sp³-hybridized carbons (Fsp3) is 0.889. The van der Waals surface area contributed by atoms with Gasteiger partial charge < -0.3 is 9.47 Å². The van der Waals surface area contributed by atoms with Crippen LogP contribution in [-0.4, -0.2) is 25.2 Å². The van der Waals surface area contributed by atoms with Gasteiger partial charge in [-0.1, -0.05) is 39.0 Å². The Morgan fingerprint density at radius 3 is 1.82 bits per heavy atom. The predicted molar refractivity (Wildman–Crippen MR) is 86.4 cm³/mol. The average molecular weight is 312 g/mol. The molecule has 0 radical (unpaired) electrons. The van der Waals surface area contributed by atoms with Crippen LogP contribution in [0.25, 0.3) is 0 Å². The van der Waals surface area contributed by atoms with Crippen molar-refractivity contribution in [2.75, 3.05) is 13.2 Å². The molecule has 0 N–H and O–H groups in total. The average Bonchev–Trinajstić information content (AvgIpc) is 2.54. The first kappa shape index (κ1) is 19.0. The van der Waals surface area contributed by atoms with Gasteiger partial charge in [-0.2, -0.15) is 0 Å². The summed E-state index contributed by atoms with van der Waals surface area (Å²) in [4.78, 5) is 23.7. The maximum absolute atomic E-state index is 12.0. The second-order valence-corrected chi connectivity index (χ2v) is 6.24. The molecule has 4 heteroatoms. The van der Waals surface area contributed by atoms with Crippen molar-refractivity contribution < 1.29 is 19.1 Å². The Hall–Kier alpha value is -1.06. The van der Waals surface area contributed by atoms with E-state index in [1.165, 1.54) is 25.7 Å². The highest BCUT2D eigenvalue weighted by Gasteiger charge is 2.31. The smallest absolute Gasteiger partial charge is 0.308 e. The molecule has 0 heterocycles. The third-order valence-electron chi connectivity index (χ3n) is 4.42. The molecule has 0 bridgehead atoms. The minimum absolute atomic E-state index is 0.0224. The minimum Gasteiger partial charge on any atom is -0.466 e. The van der Waals surface area contributed by atoms with Crippen LogP contribution in [0.1, 0.15) is 78.1 Å². The largest absolute Gasteiger partial charge is 0.466 e. The number of ether oxygens (including phenoxy) is 2. The van der Waals surface area contributed by atoms with Crippen molar-refractivity contribution in [3.05, 3.63) is 0 Å². The molecule has 0 aliphatic heterocycles. The molecule has 22 heavy (non-hydrogen) atoms. The lowest BCUT2D eigenvalue weighted by molar-refractivity contribution is -0.155. The number of esters is 2. The van der Waals surface area contributed by atoms with Gasteiger partial charge in [-0.3, -0.25) is 9.59 Å². The second kappa shape index (κ2) is 11.5. The Kier molecular flexibility index (Phi) is 9.93. The Morgan fingerprint density at radius 2 is 1.27 bits per heavy atom. The molecule has 0 unspecified atom stereocenters. The van der Waals surface area contributed by atoms with Crippen molar-refractivity contribution in [2.45, 2.75) is 78.1 Å². The molecule has 0 spiro atoms. The third-order valence-corrected chi connectivity index (χ3v) is 4.42. The molecule has 1 saturated carbocycles. The first-order valence-corrected chi connectivity index (χ1v) is 9.02.